The standard InChI is InChI=1S/C17H21NO5/c1-10-6-12(14(19)13(7-10)23-2)15(20)18-8-11-4-3-5-17(11,9-18)16(21)22/h6-7,11,19H,3-5,8-9H2,1-2H3,(H,21,22)/t11-,17+/m0/s1. The third kappa shape index (κ3) is 2.33. The number of benzene rings is 1. The van der Waals surface area contributed by atoms with Gasteiger partial charge in [0.2, 0.25) is 0 Å². The summed E-state index contributed by atoms with van der Waals surface area (Å²) in [5, 5.41) is 19.8. The lowest BCUT2D eigenvalue weighted by Crippen LogP contribution is -2.37. The lowest BCUT2D eigenvalue weighted by Gasteiger charge is -2.23. The molecule has 2 N–H and O–H groups in total. The van der Waals surface area contributed by atoms with E-state index < -0.39 is 11.4 Å². The Hall–Kier alpha value is -2.24. The summed E-state index contributed by atoms with van der Waals surface area (Å²) in [6.07, 6.45) is 2.33. The Labute approximate surface area is 134 Å². The highest BCUT2D eigenvalue weighted by Gasteiger charge is 2.56. The maximum atomic E-state index is 12.8. The summed E-state index contributed by atoms with van der Waals surface area (Å²) in [6.45, 7) is 2.46. The van der Waals surface area contributed by atoms with Crippen LogP contribution >= 0.6 is 0 Å². The van der Waals surface area contributed by atoms with Gasteiger partial charge in [-0.25, -0.2) is 0 Å². The number of fused-ring (bicyclic) bond motifs is 1. The van der Waals surface area contributed by atoms with Crippen molar-refractivity contribution >= 4 is 11.9 Å². The first-order chi connectivity index (χ1) is 10.9. The van der Waals surface area contributed by atoms with Crippen LogP contribution in [0.5, 0.6) is 11.5 Å². The molecule has 0 aromatic heterocycles. The molecule has 1 aromatic carbocycles. The Bertz CT molecular complexity index is 671. The Morgan fingerprint density at radius 2 is 2.13 bits per heavy atom. The van der Waals surface area contributed by atoms with Crippen molar-refractivity contribution in [3.63, 3.8) is 0 Å². The number of nitrogens with zero attached hydrogens (tertiary/aromatic N) is 1. The predicted octanol–water partition coefficient (Wildman–Crippen LogP) is 2.04. The van der Waals surface area contributed by atoms with Gasteiger partial charge in [0, 0.05) is 13.1 Å². The van der Waals surface area contributed by atoms with Gasteiger partial charge in [-0.05, 0) is 43.4 Å². The first kappa shape index (κ1) is 15.6. The number of phenols is 1. The molecule has 6 heteroatoms. The normalized spacial score (nSPS) is 26.2. The number of carbonyl (C=O) groups is 2. The monoisotopic (exact) mass is 319 g/mol. The molecular weight excluding hydrogens is 298 g/mol. The van der Waals surface area contributed by atoms with Crippen LogP contribution in [0, 0.1) is 18.3 Å². The van der Waals surface area contributed by atoms with Crippen LogP contribution < -0.4 is 4.74 Å². The van der Waals surface area contributed by atoms with Crippen LogP contribution in [0.1, 0.15) is 35.2 Å². The van der Waals surface area contributed by atoms with Crippen LogP contribution in [-0.2, 0) is 4.79 Å². The van der Waals surface area contributed by atoms with Crippen LogP contribution in [0.3, 0.4) is 0 Å². The fraction of sp³-hybridized carbons (Fsp3) is 0.529. The van der Waals surface area contributed by atoms with Crippen LogP contribution in [0.25, 0.3) is 0 Å². The van der Waals surface area contributed by atoms with E-state index in [-0.39, 0.29) is 35.4 Å². The fourth-order valence-electron chi connectivity index (χ4n) is 4.03. The summed E-state index contributed by atoms with van der Waals surface area (Å²) in [6, 6.07) is 3.27. The molecule has 0 unspecified atom stereocenters. The summed E-state index contributed by atoms with van der Waals surface area (Å²) in [7, 11) is 1.43. The largest absolute Gasteiger partial charge is 0.504 e. The number of methoxy groups -OCH3 is 1. The van der Waals surface area contributed by atoms with Gasteiger partial charge in [-0.2, -0.15) is 0 Å². The van der Waals surface area contributed by atoms with E-state index in [0.29, 0.717) is 13.0 Å². The molecule has 2 aliphatic rings. The van der Waals surface area contributed by atoms with Crippen molar-refractivity contribution in [3.05, 3.63) is 23.3 Å². The van der Waals surface area contributed by atoms with E-state index in [1.54, 1.807) is 17.0 Å². The van der Waals surface area contributed by atoms with Crippen molar-refractivity contribution in [1.82, 2.24) is 4.90 Å². The summed E-state index contributed by atoms with van der Waals surface area (Å²) >= 11 is 0. The Morgan fingerprint density at radius 3 is 2.74 bits per heavy atom. The first-order valence-corrected chi connectivity index (χ1v) is 7.79. The highest BCUT2D eigenvalue weighted by molar-refractivity contribution is 5.98. The molecule has 1 saturated heterocycles. The molecule has 1 heterocycles. The van der Waals surface area contributed by atoms with Gasteiger partial charge in [-0.15, -0.1) is 0 Å². The van der Waals surface area contributed by atoms with E-state index in [0.717, 1.165) is 18.4 Å². The van der Waals surface area contributed by atoms with Crippen molar-refractivity contribution in [2.75, 3.05) is 20.2 Å². The third-order valence-corrected chi connectivity index (χ3v) is 5.25. The van der Waals surface area contributed by atoms with Crippen LogP contribution in [0.15, 0.2) is 12.1 Å². The SMILES string of the molecule is COc1cc(C)cc(C(=O)N2C[C@@H]3CCC[C@@]3(C(=O)O)C2)c1O. The van der Waals surface area contributed by atoms with E-state index in [1.165, 1.54) is 7.11 Å². The fourth-order valence-corrected chi connectivity index (χ4v) is 4.03. The van der Waals surface area contributed by atoms with Gasteiger partial charge in [0.15, 0.2) is 11.5 Å². The maximum absolute atomic E-state index is 12.8. The summed E-state index contributed by atoms with van der Waals surface area (Å²) in [5.41, 5.74) is 0.150. The Kier molecular flexibility index (Phi) is 3.70. The lowest BCUT2D eigenvalue weighted by molar-refractivity contribution is -0.149. The second-order valence-corrected chi connectivity index (χ2v) is 6.60. The minimum Gasteiger partial charge on any atom is -0.504 e. The number of carbonyl (C=O) groups excluding carboxylic acids is 1. The highest BCUT2D eigenvalue weighted by Crippen LogP contribution is 2.49. The number of aryl methyl sites for hydroxylation is 1. The summed E-state index contributed by atoms with van der Waals surface area (Å²) in [4.78, 5) is 26.1. The number of carboxylic acids is 1. The smallest absolute Gasteiger partial charge is 0.311 e. The quantitative estimate of drug-likeness (QED) is 0.890. The van der Waals surface area contributed by atoms with Crippen LogP contribution in [0.2, 0.25) is 0 Å². The Balaban J connectivity index is 1.91. The van der Waals surface area contributed by atoms with Crippen molar-refractivity contribution in [1.29, 1.82) is 0 Å². The Morgan fingerprint density at radius 1 is 1.39 bits per heavy atom. The molecule has 1 aliphatic heterocycles. The maximum Gasteiger partial charge on any atom is 0.311 e. The van der Waals surface area contributed by atoms with Gasteiger partial charge in [0.25, 0.3) is 5.91 Å². The van der Waals surface area contributed by atoms with Gasteiger partial charge >= 0.3 is 5.97 Å². The number of rotatable bonds is 3. The molecule has 23 heavy (non-hydrogen) atoms. The molecule has 1 aliphatic carbocycles. The molecule has 2 atom stereocenters. The number of hydrogen-bond donors (Lipinski definition) is 2. The van der Waals surface area contributed by atoms with Gasteiger partial charge < -0.3 is 19.8 Å². The average molecular weight is 319 g/mol. The molecule has 1 aromatic rings. The topological polar surface area (TPSA) is 87.1 Å². The molecule has 0 radical (unpaired) electrons. The zero-order valence-corrected chi connectivity index (χ0v) is 13.3. The van der Waals surface area contributed by atoms with E-state index in [4.69, 9.17) is 4.74 Å². The summed E-state index contributed by atoms with van der Waals surface area (Å²) < 4.78 is 5.10. The molecule has 0 bridgehead atoms. The number of carboxylic acid groups (broad SMARTS) is 1. The highest BCUT2D eigenvalue weighted by atomic mass is 16.5. The van der Waals surface area contributed by atoms with Gasteiger partial charge in [-0.1, -0.05) is 6.42 Å². The second-order valence-electron chi connectivity index (χ2n) is 6.60. The molecule has 6 nitrogen and oxygen atoms in total. The number of ether oxygens (including phenoxy) is 1. The summed E-state index contributed by atoms with van der Waals surface area (Å²) in [5.74, 6) is -1.09. The zero-order valence-electron chi connectivity index (χ0n) is 13.3. The van der Waals surface area contributed by atoms with Crippen molar-refractivity contribution in [2.24, 2.45) is 11.3 Å². The minimum atomic E-state index is -0.820. The zero-order chi connectivity index (χ0) is 16.8. The molecule has 2 fully saturated rings. The average Bonchev–Trinajstić information content (AvgIpc) is 3.06. The van der Waals surface area contributed by atoms with Crippen LogP contribution in [0.4, 0.5) is 0 Å². The first-order valence-electron chi connectivity index (χ1n) is 7.79. The number of aromatic hydroxyl groups is 1. The molecular formula is C17H21NO5. The van der Waals surface area contributed by atoms with E-state index in [9.17, 15) is 19.8 Å². The van der Waals surface area contributed by atoms with Gasteiger partial charge in [0.1, 0.15) is 0 Å². The molecule has 0 spiro atoms. The molecule has 1 amide bonds. The number of likely N-dealkylation sites (tertiary alicyclic amines) is 1. The van der Waals surface area contributed by atoms with Crippen molar-refractivity contribution in [2.45, 2.75) is 26.2 Å². The minimum absolute atomic E-state index is 0.00204. The van der Waals surface area contributed by atoms with E-state index in [1.807, 2.05) is 6.92 Å². The van der Waals surface area contributed by atoms with E-state index >= 15 is 0 Å². The second kappa shape index (κ2) is 5.44. The molecule has 1 saturated carbocycles. The molecule has 3 rings (SSSR count). The third-order valence-electron chi connectivity index (χ3n) is 5.25. The van der Waals surface area contributed by atoms with E-state index in [2.05, 4.69) is 0 Å². The number of hydrogen-bond acceptors (Lipinski definition) is 4. The van der Waals surface area contributed by atoms with Gasteiger partial charge in [-0.3, -0.25) is 9.59 Å². The van der Waals surface area contributed by atoms with Crippen LogP contribution in [-0.4, -0.2) is 47.2 Å². The molecule has 124 valence electrons. The van der Waals surface area contributed by atoms with Crippen molar-refractivity contribution in [3.8, 4) is 11.5 Å². The lowest BCUT2D eigenvalue weighted by atomic mass is 9.81. The number of amides is 1. The number of aliphatic carboxylic acids is 1. The van der Waals surface area contributed by atoms with Crippen molar-refractivity contribution < 1.29 is 24.5 Å². The number of phenolic OH excluding ortho intramolecular Hbond substituents is 1. The van der Waals surface area contributed by atoms with Gasteiger partial charge in [0.05, 0.1) is 18.1 Å². The predicted molar refractivity (Wildman–Crippen MR) is 82.7 cm³/mol.